The molecule has 4 nitrogen and oxygen atoms in total. The second-order valence-electron chi connectivity index (χ2n) is 7.85. The van der Waals surface area contributed by atoms with Gasteiger partial charge in [-0.05, 0) is 55.6 Å². The number of pyridine rings is 1. The van der Waals surface area contributed by atoms with Gasteiger partial charge in [0.05, 0.1) is 11.6 Å². The summed E-state index contributed by atoms with van der Waals surface area (Å²) < 4.78 is 15.4. The van der Waals surface area contributed by atoms with Crippen molar-refractivity contribution in [2.45, 2.75) is 32.4 Å². The molecule has 29 heavy (non-hydrogen) atoms. The number of rotatable bonds is 4. The fraction of sp³-hybridized carbons (Fsp3) is 0.250. The monoisotopic (exact) mass is 386 g/mol. The summed E-state index contributed by atoms with van der Waals surface area (Å²) >= 11 is 0. The molecule has 0 spiro atoms. The highest BCUT2D eigenvalue weighted by Gasteiger charge is 2.29. The Kier molecular flexibility index (Phi) is 4.60. The minimum absolute atomic E-state index is 0.237. The third-order valence-corrected chi connectivity index (χ3v) is 5.78. The number of benzene rings is 2. The van der Waals surface area contributed by atoms with Crippen LogP contribution in [-0.2, 0) is 6.54 Å². The molecule has 0 aliphatic carbocycles. The molecular weight excluding hydrogens is 363 g/mol. The first kappa shape index (κ1) is 18.0. The molecule has 1 saturated heterocycles. The predicted molar refractivity (Wildman–Crippen MR) is 112 cm³/mol. The maximum absolute atomic E-state index is 13.6. The summed E-state index contributed by atoms with van der Waals surface area (Å²) in [4.78, 5) is 2.50. The first-order valence-corrected chi connectivity index (χ1v) is 10.1. The summed E-state index contributed by atoms with van der Waals surface area (Å²) in [5.74, 6) is -0.237. The van der Waals surface area contributed by atoms with Gasteiger partial charge in [0.2, 0.25) is 0 Å². The smallest absolute Gasteiger partial charge is 0.123 e. The van der Waals surface area contributed by atoms with E-state index in [9.17, 15) is 4.39 Å². The average molecular weight is 386 g/mol. The topological polar surface area (TPSA) is 33.4 Å². The molecule has 4 aromatic rings. The van der Waals surface area contributed by atoms with Crippen molar-refractivity contribution in [1.29, 1.82) is 0 Å². The molecule has 1 fully saturated rings. The Balaban J connectivity index is 1.44. The van der Waals surface area contributed by atoms with Crippen molar-refractivity contribution in [1.82, 2.24) is 19.7 Å². The van der Waals surface area contributed by atoms with Crippen LogP contribution in [0.25, 0.3) is 16.6 Å². The van der Waals surface area contributed by atoms with Gasteiger partial charge >= 0.3 is 0 Å². The number of hydrogen-bond donors (Lipinski definition) is 0. The van der Waals surface area contributed by atoms with E-state index in [-0.39, 0.29) is 11.9 Å². The van der Waals surface area contributed by atoms with Gasteiger partial charge in [-0.15, -0.1) is 5.10 Å². The lowest BCUT2D eigenvalue weighted by molar-refractivity contribution is 0.245. The molecule has 2 aromatic heterocycles. The number of hydrogen-bond acceptors (Lipinski definition) is 3. The van der Waals surface area contributed by atoms with Crippen LogP contribution in [0, 0.1) is 12.7 Å². The van der Waals surface area contributed by atoms with Gasteiger partial charge in [0.25, 0.3) is 0 Å². The highest BCUT2D eigenvalue weighted by atomic mass is 19.1. The average Bonchev–Trinajstić information content (AvgIpc) is 3.35. The van der Waals surface area contributed by atoms with Gasteiger partial charge in [0.1, 0.15) is 11.5 Å². The lowest BCUT2D eigenvalue weighted by Crippen LogP contribution is -2.23. The summed E-state index contributed by atoms with van der Waals surface area (Å²) in [7, 11) is 0. The fourth-order valence-electron chi connectivity index (χ4n) is 4.24. The van der Waals surface area contributed by atoms with Crippen molar-refractivity contribution in [2.75, 3.05) is 6.54 Å². The lowest BCUT2D eigenvalue weighted by atomic mass is 10.1. The van der Waals surface area contributed by atoms with Crippen LogP contribution in [0.3, 0.4) is 0 Å². The van der Waals surface area contributed by atoms with Crippen LogP contribution < -0.4 is 0 Å². The number of nitrogens with zero attached hydrogens (tertiary/aromatic N) is 4. The number of aryl methyl sites for hydroxylation is 1. The molecule has 0 amide bonds. The Morgan fingerprint density at radius 3 is 2.72 bits per heavy atom. The molecular formula is C24H23FN4. The highest BCUT2D eigenvalue weighted by Crippen LogP contribution is 2.34. The normalized spacial score (nSPS) is 17.2. The van der Waals surface area contributed by atoms with Crippen molar-refractivity contribution in [3.05, 3.63) is 89.5 Å². The van der Waals surface area contributed by atoms with Gasteiger partial charge in [-0.3, -0.25) is 4.90 Å². The summed E-state index contributed by atoms with van der Waals surface area (Å²) in [5, 5.41) is 8.90. The molecule has 0 bridgehead atoms. The summed E-state index contributed by atoms with van der Waals surface area (Å²) in [5.41, 5.74) is 6.42. The van der Waals surface area contributed by atoms with Crippen LogP contribution in [0.15, 0.2) is 66.9 Å². The Hall–Kier alpha value is -3.05. The van der Waals surface area contributed by atoms with E-state index in [2.05, 4.69) is 52.5 Å². The Morgan fingerprint density at radius 1 is 1.03 bits per heavy atom. The first-order valence-electron chi connectivity index (χ1n) is 10.1. The van der Waals surface area contributed by atoms with Gasteiger partial charge < -0.3 is 0 Å². The zero-order valence-electron chi connectivity index (χ0n) is 16.4. The minimum atomic E-state index is -0.237. The van der Waals surface area contributed by atoms with E-state index >= 15 is 0 Å². The highest BCUT2D eigenvalue weighted by molar-refractivity contribution is 5.66. The lowest BCUT2D eigenvalue weighted by Gasteiger charge is -2.23. The molecule has 3 heterocycles. The van der Waals surface area contributed by atoms with Gasteiger partial charge in [0.15, 0.2) is 0 Å². The number of halogens is 1. The molecule has 1 aliphatic rings. The molecule has 0 unspecified atom stereocenters. The first-order chi connectivity index (χ1) is 14.2. The number of fused-ring (bicyclic) bond motifs is 1. The third kappa shape index (κ3) is 3.54. The molecule has 2 aromatic carbocycles. The van der Waals surface area contributed by atoms with E-state index in [4.69, 9.17) is 0 Å². The van der Waals surface area contributed by atoms with Crippen molar-refractivity contribution in [3.63, 3.8) is 0 Å². The van der Waals surface area contributed by atoms with Gasteiger partial charge in [-0.25, -0.2) is 8.91 Å². The van der Waals surface area contributed by atoms with E-state index in [1.54, 1.807) is 12.1 Å². The quantitative estimate of drug-likeness (QED) is 0.484. The zero-order chi connectivity index (χ0) is 19.8. The maximum Gasteiger partial charge on any atom is 0.123 e. The number of likely N-dealkylation sites (tertiary alicyclic amines) is 1. The fourth-order valence-corrected chi connectivity index (χ4v) is 4.24. The second kappa shape index (κ2) is 7.41. The SMILES string of the molecule is Cc1ccc(CN2CCC[C@H]2c2nnn3cc(-c4cccc(F)c4)ccc23)cc1. The predicted octanol–water partition coefficient (Wildman–Crippen LogP) is 5.18. The van der Waals surface area contributed by atoms with Crippen LogP contribution in [-0.4, -0.2) is 26.3 Å². The molecule has 1 atom stereocenters. The summed E-state index contributed by atoms with van der Waals surface area (Å²) in [6, 6.07) is 19.7. The van der Waals surface area contributed by atoms with E-state index in [1.165, 1.54) is 17.2 Å². The molecule has 5 rings (SSSR count). The van der Waals surface area contributed by atoms with Gasteiger partial charge in [-0.2, -0.15) is 0 Å². The largest absolute Gasteiger partial charge is 0.290 e. The van der Waals surface area contributed by atoms with Crippen molar-refractivity contribution < 1.29 is 4.39 Å². The Morgan fingerprint density at radius 2 is 1.90 bits per heavy atom. The van der Waals surface area contributed by atoms with Crippen molar-refractivity contribution in [3.8, 4) is 11.1 Å². The molecule has 146 valence electrons. The number of aromatic nitrogens is 3. The van der Waals surface area contributed by atoms with Crippen LogP contribution >= 0.6 is 0 Å². The summed E-state index contributed by atoms with van der Waals surface area (Å²) in [6.45, 7) is 4.10. The summed E-state index contributed by atoms with van der Waals surface area (Å²) in [6.07, 6.45) is 4.18. The van der Waals surface area contributed by atoms with Gasteiger partial charge in [-0.1, -0.05) is 53.2 Å². The standard InChI is InChI=1S/C24H23FN4/c1-17-7-9-18(10-8-17)15-28-13-3-6-22(28)24-23-12-11-20(16-29(23)27-26-24)19-4-2-5-21(25)14-19/h2,4-5,7-12,14,16,22H,3,6,13,15H2,1H3/t22-/m0/s1. The molecule has 0 saturated carbocycles. The molecule has 0 radical (unpaired) electrons. The third-order valence-electron chi connectivity index (χ3n) is 5.78. The van der Waals surface area contributed by atoms with E-state index < -0.39 is 0 Å². The van der Waals surface area contributed by atoms with Crippen LogP contribution in [0.2, 0.25) is 0 Å². The molecule has 5 heteroatoms. The Labute approximate surface area is 169 Å². The maximum atomic E-state index is 13.6. The van der Waals surface area contributed by atoms with E-state index in [1.807, 2.05) is 22.8 Å². The molecule has 0 N–H and O–H groups in total. The van der Waals surface area contributed by atoms with Crippen molar-refractivity contribution in [2.24, 2.45) is 0 Å². The van der Waals surface area contributed by atoms with Crippen LogP contribution in [0.4, 0.5) is 4.39 Å². The van der Waals surface area contributed by atoms with Crippen LogP contribution in [0.5, 0.6) is 0 Å². The van der Waals surface area contributed by atoms with E-state index in [0.717, 1.165) is 48.3 Å². The van der Waals surface area contributed by atoms with Gasteiger partial charge in [0, 0.05) is 18.3 Å². The Bertz CT molecular complexity index is 1150. The van der Waals surface area contributed by atoms with Crippen molar-refractivity contribution >= 4 is 5.52 Å². The molecule has 1 aliphatic heterocycles. The minimum Gasteiger partial charge on any atom is -0.290 e. The zero-order valence-corrected chi connectivity index (χ0v) is 16.4. The van der Waals surface area contributed by atoms with Crippen LogP contribution in [0.1, 0.15) is 35.7 Å². The van der Waals surface area contributed by atoms with E-state index in [0.29, 0.717) is 0 Å². The second-order valence-corrected chi connectivity index (χ2v) is 7.85.